The Morgan fingerprint density at radius 3 is 2.76 bits per heavy atom. The van der Waals surface area contributed by atoms with E-state index in [-0.39, 0.29) is 11.8 Å². The van der Waals surface area contributed by atoms with Gasteiger partial charge in [-0.15, -0.1) is 0 Å². The van der Waals surface area contributed by atoms with Crippen molar-refractivity contribution in [3.63, 3.8) is 0 Å². The summed E-state index contributed by atoms with van der Waals surface area (Å²) in [6.07, 6.45) is 0.948. The number of ether oxygens (including phenoxy) is 1. The van der Waals surface area contributed by atoms with E-state index in [1.807, 2.05) is 30.3 Å². The van der Waals surface area contributed by atoms with Crippen molar-refractivity contribution >= 4 is 5.97 Å². The average Bonchev–Trinajstić information content (AvgIpc) is 3.07. The lowest BCUT2D eigenvalue weighted by molar-refractivity contribution is -0.141. The normalized spacial score (nSPS) is 23.4. The van der Waals surface area contributed by atoms with Gasteiger partial charge in [0.15, 0.2) is 0 Å². The molecule has 2 heterocycles. The maximum Gasteiger partial charge on any atom is 0.308 e. The summed E-state index contributed by atoms with van der Waals surface area (Å²) < 4.78 is 5.55. The molecule has 0 aliphatic carbocycles. The lowest BCUT2D eigenvalue weighted by Crippen LogP contribution is -2.24. The smallest absolute Gasteiger partial charge is 0.308 e. The molecule has 1 N–H and O–H groups in total. The lowest BCUT2D eigenvalue weighted by Gasteiger charge is -2.23. The third kappa shape index (κ3) is 3.32. The molecule has 1 saturated heterocycles. The molecule has 0 amide bonds. The van der Waals surface area contributed by atoms with Crippen LogP contribution in [0.25, 0.3) is 0 Å². The first-order valence-corrected chi connectivity index (χ1v) is 8.90. The number of carboxylic acid groups (broad SMARTS) is 1. The Morgan fingerprint density at radius 1 is 1.12 bits per heavy atom. The molecule has 2 aromatic carbocycles. The fourth-order valence-corrected chi connectivity index (χ4v) is 4.19. The van der Waals surface area contributed by atoms with Crippen LogP contribution >= 0.6 is 0 Å². The standard InChI is InChI=1S/C21H23NO3/c23-21(24)20-13-22(12-19(20)15-5-2-1-3-6-15)11-16-7-4-8-17-14-25-10-9-18(16)17/h1-8,19-20H,9-14H2,(H,23,24)/t19-,20-/m1/s1. The highest BCUT2D eigenvalue weighted by Gasteiger charge is 2.38. The summed E-state index contributed by atoms with van der Waals surface area (Å²) in [6.45, 7) is 3.68. The van der Waals surface area contributed by atoms with Gasteiger partial charge in [-0.05, 0) is 28.7 Å². The van der Waals surface area contributed by atoms with Gasteiger partial charge in [-0.2, -0.15) is 0 Å². The monoisotopic (exact) mass is 337 g/mol. The van der Waals surface area contributed by atoms with Crippen LogP contribution in [0.1, 0.15) is 28.2 Å². The van der Waals surface area contributed by atoms with Gasteiger partial charge in [0.25, 0.3) is 0 Å². The fraction of sp³-hybridized carbons (Fsp3) is 0.381. The van der Waals surface area contributed by atoms with E-state index in [0.717, 1.165) is 31.7 Å². The molecule has 0 unspecified atom stereocenters. The van der Waals surface area contributed by atoms with Crippen molar-refractivity contribution < 1.29 is 14.6 Å². The Kier molecular flexibility index (Phi) is 4.55. The van der Waals surface area contributed by atoms with Crippen LogP contribution < -0.4 is 0 Å². The topological polar surface area (TPSA) is 49.8 Å². The zero-order valence-electron chi connectivity index (χ0n) is 14.2. The zero-order chi connectivity index (χ0) is 17.2. The van der Waals surface area contributed by atoms with Crippen LogP contribution in [0.15, 0.2) is 48.5 Å². The van der Waals surface area contributed by atoms with E-state index in [9.17, 15) is 9.90 Å². The third-order valence-corrected chi connectivity index (χ3v) is 5.46. The van der Waals surface area contributed by atoms with E-state index in [1.165, 1.54) is 16.7 Å². The zero-order valence-corrected chi connectivity index (χ0v) is 14.2. The van der Waals surface area contributed by atoms with Gasteiger partial charge in [-0.25, -0.2) is 0 Å². The van der Waals surface area contributed by atoms with Crippen LogP contribution in [0.2, 0.25) is 0 Å². The summed E-state index contributed by atoms with van der Waals surface area (Å²) in [5, 5.41) is 9.68. The summed E-state index contributed by atoms with van der Waals surface area (Å²) in [7, 11) is 0. The molecule has 4 heteroatoms. The van der Waals surface area contributed by atoms with Gasteiger partial charge in [0.2, 0.25) is 0 Å². The van der Waals surface area contributed by atoms with Crippen LogP contribution in [0, 0.1) is 5.92 Å². The fourth-order valence-electron chi connectivity index (χ4n) is 4.19. The van der Waals surface area contributed by atoms with Crippen LogP contribution in [0.4, 0.5) is 0 Å². The van der Waals surface area contributed by atoms with Crippen LogP contribution in [-0.4, -0.2) is 35.7 Å². The highest BCUT2D eigenvalue weighted by atomic mass is 16.5. The van der Waals surface area contributed by atoms with Crippen molar-refractivity contribution in [2.75, 3.05) is 19.7 Å². The summed E-state index contributed by atoms with van der Waals surface area (Å²) in [5.41, 5.74) is 5.11. The van der Waals surface area contributed by atoms with Gasteiger partial charge >= 0.3 is 5.97 Å². The first-order chi connectivity index (χ1) is 12.2. The molecule has 2 aliphatic heterocycles. The largest absolute Gasteiger partial charge is 0.481 e. The third-order valence-electron chi connectivity index (χ3n) is 5.46. The van der Waals surface area contributed by atoms with Crippen LogP contribution in [0.3, 0.4) is 0 Å². The second-order valence-electron chi connectivity index (χ2n) is 7.01. The predicted molar refractivity (Wildman–Crippen MR) is 95.4 cm³/mol. The number of carboxylic acids is 1. The molecule has 0 radical (unpaired) electrons. The van der Waals surface area contributed by atoms with Crippen LogP contribution in [-0.2, 0) is 29.1 Å². The van der Waals surface area contributed by atoms with Crippen molar-refractivity contribution in [2.45, 2.75) is 25.5 Å². The van der Waals surface area contributed by atoms with Crippen molar-refractivity contribution in [1.82, 2.24) is 4.90 Å². The second-order valence-corrected chi connectivity index (χ2v) is 7.01. The van der Waals surface area contributed by atoms with Crippen molar-refractivity contribution in [3.05, 3.63) is 70.8 Å². The molecule has 4 rings (SSSR count). The first kappa shape index (κ1) is 16.3. The molecular formula is C21H23NO3. The quantitative estimate of drug-likeness (QED) is 0.932. The van der Waals surface area contributed by atoms with Gasteiger partial charge < -0.3 is 9.84 Å². The number of likely N-dealkylation sites (tertiary alicyclic amines) is 1. The number of rotatable bonds is 4. The molecule has 130 valence electrons. The number of aliphatic carboxylic acids is 1. The maximum atomic E-state index is 11.8. The highest BCUT2D eigenvalue weighted by molar-refractivity contribution is 5.72. The summed E-state index contributed by atoms with van der Waals surface area (Å²) in [5.74, 6) is -0.980. The van der Waals surface area contributed by atoms with E-state index < -0.39 is 5.97 Å². The minimum Gasteiger partial charge on any atom is -0.481 e. The van der Waals surface area contributed by atoms with E-state index in [4.69, 9.17) is 4.74 Å². The number of benzene rings is 2. The number of hydrogen-bond donors (Lipinski definition) is 1. The summed E-state index contributed by atoms with van der Waals surface area (Å²) in [4.78, 5) is 14.1. The Balaban J connectivity index is 1.55. The highest BCUT2D eigenvalue weighted by Crippen LogP contribution is 2.34. The van der Waals surface area contributed by atoms with Gasteiger partial charge in [0.05, 0.1) is 19.1 Å². The Morgan fingerprint density at radius 2 is 1.96 bits per heavy atom. The van der Waals surface area contributed by atoms with Gasteiger partial charge in [0, 0.05) is 25.6 Å². The minimum atomic E-state index is -0.695. The Labute approximate surface area is 148 Å². The molecule has 1 fully saturated rings. The van der Waals surface area contributed by atoms with Gasteiger partial charge in [-0.1, -0.05) is 48.5 Å². The van der Waals surface area contributed by atoms with Gasteiger partial charge in [0.1, 0.15) is 0 Å². The molecule has 25 heavy (non-hydrogen) atoms. The maximum absolute atomic E-state index is 11.8. The van der Waals surface area contributed by atoms with Crippen LogP contribution in [0.5, 0.6) is 0 Å². The molecule has 0 bridgehead atoms. The molecule has 0 aromatic heterocycles. The molecule has 0 saturated carbocycles. The number of carbonyl (C=O) groups is 1. The van der Waals surface area contributed by atoms with E-state index in [0.29, 0.717) is 13.2 Å². The molecule has 2 aromatic rings. The summed E-state index contributed by atoms with van der Waals surface area (Å²) in [6, 6.07) is 16.4. The van der Waals surface area contributed by atoms with Crippen molar-refractivity contribution in [2.24, 2.45) is 5.92 Å². The summed E-state index contributed by atoms with van der Waals surface area (Å²) >= 11 is 0. The molecule has 2 aliphatic rings. The number of fused-ring (bicyclic) bond motifs is 1. The number of hydrogen-bond acceptors (Lipinski definition) is 3. The van der Waals surface area contributed by atoms with E-state index >= 15 is 0 Å². The molecule has 2 atom stereocenters. The Bertz CT molecular complexity index is 759. The molecule has 4 nitrogen and oxygen atoms in total. The lowest BCUT2D eigenvalue weighted by atomic mass is 9.89. The molecule has 0 spiro atoms. The number of nitrogens with zero attached hydrogens (tertiary/aromatic N) is 1. The van der Waals surface area contributed by atoms with Crippen molar-refractivity contribution in [1.29, 1.82) is 0 Å². The van der Waals surface area contributed by atoms with E-state index in [2.05, 4.69) is 23.1 Å². The SMILES string of the molecule is O=C(O)[C@@H]1CN(Cc2cccc3c2CCOC3)C[C@@H]1c1ccccc1. The van der Waals surface area contributed by atoms with Gasteiger partial charge in [-0.3, -0.25) is 9.69 Å². The molecular weight excluding hydrogens is 314 g/mol. The average molecular weight is 337 g/mol. The Hall–Kier alpha value is -2.17. The predicted octanol–water partition coefficient (Wildman–Crippen LogP) is 3.06. The minimum absolute atomic E-state index is 0.0570. The van der Waals surface area contributed by atoms with Crippen molar-refractivity contribution in [3.8, 4) is 0 Å². The second kappa shape index (κ2) is 6.98. The first-order valence-electron chi connectivity index (χ1n) is 8.90. The van der Waals surface area contributed by atoms with E-state index in [1.54, 1.807) is 0 Å².